The molecule has 0 aliphatic carbocycles. The number of aromatic nitrogens is 3. The van der Waals surface area contributed by atoms with Gasteiger partial charge in [0.05, 0.1) is 4.47 Å². The number of imidazole rings is 1. The van der Waals surface area contributed by atoms with Crippen LogP contribution in [0.15, 0.2) is 28.7 Å². The Labute approximate surface area is 162 Å². The largest absolute Gasteiger partial charge is 0.354 e. The smallest absolute Gasteiger partial charge is 0.202 e. The zero-order valence-electron chi connectivity index (χ0n) is 12.3. The molecule has 5 nitrogen and oxygen atoms in total. The van der Waals surface area contributed by atoms with Crippen LogP contribution in [-0.4, -0.2) is 28.0 Å². The topological polar surface area (TPSA) is 65.6 Å². The Morgan fingerprint density at radius 1 is 1.00 bits per heavy atom. The van der Waals surface area contributed by atoms with E-state index in [1.165, 1.54) is 0 Å². The maximum absolute atomic E-state index is 5.98. The van der Waals surface area contributed by atoms with Crippen LogP contribution in [0.4, 0.5) is 5.95 Å². The van der Waals surface area contributed by atoms with Crippen molar-refractivity contribution < 1.29 is 0 Å². The second-order valence-corrected chi connectivity index (χ2v) is 7.18. The quantitative estimate of drug-likeness (QED) is 0.371. The molecule has 126 valence electrons. The summed E-state index contributed by atoms with van der Waals surface area (Å²) >= 11 is 21.3. The highest BCUT2D eigenvalue weighted by Crippen LogP contribution is 2.24. The Hall–Kier alpha value is -1.05. The minimum absolute atomic E-state index is 0.402. The van der Waals surface area contributed by atoms with Gasteiger partial charge in [-0.3, -0.25) is 0 Å². The van der Waals surface area contributed by atoms with E-state index in [-0.39, 0.29) is 0 Å². The molecule has 0 amide bonds. The first kappa shape index (κ1) is 17.8. The van der Waals surface area contributed by atoms with Crippen molar-refractivity contribution in [1.29, 1.82) is 0 Å². The first-order valence-corrected chi connectivity index (χ1v) is 9.05. The number of benzene rings is 1. The van der Waals surface area contributed by atoms with E-state index in [9.17, 15) is 0 Å². The minimum Gasteiger partial charge on any atom is -0.354 e. The average molecular weight is 450 g/mol. The molecule has 0 aliphatic rings. The van der Waals surface area contributed by atoms with Crippen molar-refractivity contribution in [2.75, 3.05) is 18.4 Å². The molecule has 2 aromatic heterocycles. The van der Waals surface area contributed by atoms with Gasteiger partial charge in [0.25, 0.3) is 0 Å². The van der Waals surface area contributed by atoms with Crippen molar-refractivity contribution in [1.82, 2.24) is 20.3 Å². The Balaban J connectivity index is 1.50. The van der Waals surface area contributed by atoms with Gasteiger partial charge >= 0.3 is 0 Å². The van der Waals surface area contributed by atoms with Crippen LogP contribution >= 0.6 is 50.7 Å². The van der Waals surface area contributed by atoms with Gasteiger partial charge in [-0.25, -0.2) is 9.97 Å². The maximum atomic E-state index is 5.98. The highest BCUT2D eigenvalue weighted by Gasteiger charge is 2.07. The molecule has 2 heterocycles. The molecule has 0 saturated carbocycles. The molecule has 3 N–H and O–H groups in total. The number of nitrogens with one attached hydrogen (secondary N) is 3. The molecule has 0 unspecified atom stereocenters. The molecule has 0 aliphatic heterocycles. The van der Waals surface area contributed by atoms with E-state index in [1.54, 1.807) is 6.07 Å². The summed E-state index contributed by atoms with van der Waals surface area (Å²) < 4.78 is 0.719. The van der Waals surface area contributed by atoms with Gasteiger partial charge in [-0.05, 0) is 45.8 Å². The highest BCUT2D eigenvalue weighted by atomic mass is 79.9. The zero-order valence-corrected chi connectivity index (χ0v) is 16.2. The van der Waals surface area contributed by atoms with Gasteiger partial charge in [0.1, 0.15) is 10.7 Å². The average Bonchev–Trinajstić information content (AvgIpc) is 2.88. The Morgan fingerprint density at radius 2 is 1.75 bits per heavy atom. The van der Waals surface area contributed by atoms with Gasteiger partial charge < -0.3 is 15.6 Å². The fourth-order valence-electron chi connectivity index (χ4n) is 2.19. The van der Waals surface area contributed by atoms with Crippen molar-refractivity contribution >= 4 is 67.8 Å². The summed E-state index contributed by atoms with van der Waals surface area (Å²) in [5.41, 5.74) is 2.43. The molecular formula is C15H13BrCl3N5. The van der Waals surface area contributed by atoms with Crippen LogP contribution in [0.1, 0.15) is 5.56 Å². The third kappa shape index (κ3) is 4.52. The molecule has 0 saturated heterocycles. The van der Waals surface area contributed by atoms with E-state index >= 15 is 0 Å². The van der Waals surface area contributed by atoms with E-state index < -0.39 is 0 Å². The first-order valence-electron chi connectivity index (χ1n) is 7.12. The standard InChI is InChI=1S/C15H13BrCl3N5/c16-11-6-12-14(23-13(11)19)24-15(22-12)21-2-1-20-7-8-3-9(17)5-10(18)4-8/h3-6,20H,1-2,7H2,(H2,21,22,23,24). The summed E-state index contributed by atoms with van der Waals surface area (Å²) in [6.45, 7) is 2.13. The normalized spacial score (nSPS) is 11.2. The number of fused-ring (bicyclic) bond motifs is 1. The van der Waals surface area contributed by atoms with Crippen LogP contribution in [0.5, 0.6) is 0 Å². The number of hydrogen-bond acceptors (Lipinski definition) is 4. The first-order chi connectivity index (χ1) is 11.5. The summed E-state index contributed by atoms with van der Waals surface area (Å²) in [4.78, 5) is 11.7. The third-order valence-electron chi connectivity index (χ3n) is 3.23. The van der Waals surface area contributed by atoms with Crippen molar-refractivity contribution in [3.63, 3.8) is 0 Å². The van der Waals surface area contributed by atoms with Crippen molar-refractivity contribution in [2.45, 2.75) is 6.54 Å². The van der Waals surface area contributed by atoms with Crippen LogP contribution in [0.3, 0.4) is 0 Å². The molecule has 1 aromatic carbocycles. The highest BCUT2D eigenvalue weighted by molar-refractivity contribution is 9.10. The molecule has 0 atom stereocenters. The zero-order chi connectivity index (χ0) is 17.1. The number of rotatable bonds is 6. The number of anilines is 1. The number of hydrogen-bond donors (Lipinski definition) is 3. The van der Waals surface area contributed by atoms with Crippen LogP contribution in [0, 0.1) is 0 Å². The lowest BCUT2D eigenvalue weighted by molar-refractivity contribution is 0.705. The molecular weight excluding hydrogens is 436 g/mol. The maximum Gasteiger partial charge on any atom is 0.202 e. The summed E-state index contributed by atoms with van der Waals surface area (Å²) in [7, 11) is 0. The Morgan fingerprint density at radius 3 is 2.50 bits per heavy atom. The van der Waals surface area contributed by atoms with E-state index in [2.05, 4.69) is 41.5 Å². The van der Waals surface area contributed by atoms with E-state index in [4.69, 9.17) is 34.8 Å². The molecule has 0 bridgehead atoms. The van der Waals surface area contributed by atoms with Gasteiger partial charge in [-0.15, -0.1) is 0 Å². The molecule has 24 heavy (non-hydrogen) atoms. The fourth-order valence-corrected chi connectivity index (χ4v) is 3.21. The lowest BCUT2D eigenvalue weighted by atomic mass is 10.2. The predicted molar refractivity (Wildman–Crippen MR) is 103 cm³/mol. The summed E-state index contributed by atoms with van der Waals surface area (Å²) in [5.74, 6) is 0.652. The van der Waals surface area contributed by atoms with Crippen LogP contribution in [0.25, 0.3) is 11.2 Å². The minimum atomic E-state index is 0.402. The second-order valence-electron chi connectivity index (χ2n) is 5.10. The lowest BCUT2D eigenvalue weighted by Gasteiger charge is -2.06. The molecule has 0 radical (unpaired) electrons. The SMILES string of the molecule is Clc1cc(Cl)cc(CNCCNc2nc3cc(Br)c(Cl)nc3[nH]2)c1. The van der Waals surface area contributed by atoms with Crippen LogP contribution in [-0.2, 0) is 6.54 Å². The van der Waals surface area contributed by atoms with Crippen LogP contribution < -0.4 is 10.6 Å². The monoisotopic (exact) mass is 447 g/mol. The number of pyridine rings is 1. The van der Waals surface area contributed by atoms with Gasteiger partial charge in [0.2, 0.25) is 5.95 Å². The third-order valence-corrected chi connectivity index (χ3v) is 4.79. The number of H-pyrrole nitrogens is 1. The van der Waals surface area contributed by atoms with Crippen molar-refractivity contribution in [2.24, 2.45) is 0 Å². The van der Waals surface area contributed by atoms with Crippen LogP contribution in [0.2, 0.25) is 15.2 Å². The Kier molecular flexibility index (Phi) is 5.84. The van der Waals surface area contributed by atoms with Gasteiger partial charge in [-0.2, -0.15) is 0 Å². The van der Waals surface area contributed by atoms with E-state index in [0.717, 1.165) is 22.1 Å². The number of aromatic amines is 1. The molecule has 9 heteroatoms. The number of nitrogens with zero attached hydrogens (tertiary/aromatic N) is 2. The van der Waals surface area contributed by atoms with E-state index in [0.29, 0.717) is 39.9 Å². The lowest BCUT2D eigenvalue weighted by Crippen LogP contribution is -2.22. The second kappa shape index (κ2) is 7.89. The van der Waals surface area contributed by atoms with Gasteiger partial charge in [-0.1, -0.05) is 34.8 Å². The summed E-state index contributed by atoms with van der Waals surface area (Å²) in [6, 6.07) is 7.32. The van der Waals surface area contributed by atoms with E-state index in [1.807, 2.05) is 18.2 Å². The van der Waals surface area contributed by atoms with Crippen molar-refractivity contribution in [3.05, 3.63) is 49.5 Å². The van der Waals surface area contributed by atoms with Crippen molar-refractivity contribution in [3.8, 4) is 0 Å². The molecule has 0 fully saturated rings. The van der Waals surface area contributed by atoms with Gasteiger partial charge in [0.15, 0.2) is 5.65 Å². The summed E-state index contributed by atoms with van der Waals surface area (Å²) in [6.07, 6.45) is 0. The Bertz CT molecular complexity index is 808. The molecule has 3 aromatic rings. The number of halogens is 4. The summed E-state index contributed by atoms with van der Waals surface area (Å²) in [5, 5.41) is 8.19. The molecule has 3 rings (SSSR count). The van der Waals surface area contributed by atoms with Gasteiger partial charge in [0, 0.05) is 29.7 Å². The predicted octanol–water partition coefficient (Wildman–Crippen LogP) is 4.88. The fraction of sp³-hybridized carbons (Fsp3) is 0.200. The molecule has 0 spiro atoms.